The van der Waals surface area contributed by atoms with Gasteiger partial charge < -0.3 is 10.6 Å². The minimum Gasteiger partial charge on any atom is -0.317 e. The summed E-state index contributed by atoms with van der Waals surface area (Å²) in [5.41, 5.74) is 1.42. The fraction of sp³-hybridized carbons (Fsp3) is 0.571. The van der Waals surface area contributed by atoms with E-state index in [9.17, 15) is 0 Å². The zero-order valence-corrected chi connectivity index (χ0v) is 12.9. The first-order valence-electron chi connectivity index (χ1n) is 6.31. The summed E-state index contributed by atoms with van der Waals surface area (Å²) in [5, 5.41) is 6.83. The number of hydrogen-bond acceptors (Lipinski definition) is 2. The van der Waals surface area contributed by atoms with E-state index in [0.29, 0.717) is 5.92 Å². The largest absolute Gasteiger partial charge is 0.317 e. The molecule has 0 saturated heterocycles. The maximum Gasteiger partial charge on any atom is 0.00174 e. The number of benzene rings is 1. The summed E-state index contributed by atoms with van der Waals surface area (Å²) in [6, 6.07) is 10.7. The van der Waals surface area contributed by atoms with Crippen LogP contribution in [-0.4, -0.2) is 26.2 Å². The van der Waals surface area contributed by atoms with Gasteiger partial charge in [-0.2, -0.15) is 0 Å². The third kappa shape index (κ3) is 8.76. The molecule has 0 aliphatic heterocycles. The van der Waals surface area contributed by atoms with E-state index in [0.717, 1.165) is 26.2 Å². The van der Waals surface area contributed by atoms with Gasteiger partial charge in [0.2, 0.25) is 0 Å². The molecule has 18 heavy (non-hydrogen) atoms. The van der Waals surface area contributed by atoms with Crippen molar-refractivity contribution in [3.8, 4) is 0 Å². The van der Waals surface area contributed by atoms with Gasteiger partial charge in [0.15, 0.2) is 0 Å². The van der Waals surface area contributed by atoms with E-state index in [4.69, 9.17) is 0 Å². The molecule has 106 valence electrons. The number of rotatable bonds is 8. The van der Waals surface area contributed by atoms with Crippen LogP contribution in [0.4, 0.5) is 0 Å². The highest BCUT2D eigenvalue weighted by molar-refractivity contribution is 5.85. The highest BCUT2D eigenvalue weighted by Crippen LogP contribution is 2.12. The summed E-state index contributed by atoms with van der Waals surface area (Å²) < 4.78 is 0. The molecule has 0 aliphatic carbocycles. The highest BCUT2D eigenvalue weighted by atomic mass is 35.5. The van der Waals surface area contributed by atoms with E-state index >= 15 is 0 Å². The summed E-state index contributed by atoms with van der Waals surface area (Å²) in [5.74, 6) is 0.598. The molecule has 2 N–H and O–H groups in total. The van der Waals surface area contributed by atoms with Gasteiger partial charge in [-0.15, -0.1) is 24.8 Å². The van der Waals surface area contributed by atoms with Gasteiger partial charge in [0.25, 0.3) is 0 Å². The van der Waals surface area contributed by atoms with Gasteiger partial charge in [-0.3, -0.25) is 0 Å². The van der Waals surface area contributed by atoms with Crippen LogP contribution in [0.15, 0.2) is 30.3 Å². The van der Waals surface area contributed by atoms with Crippen molar-refractivity contribution in [2.75, 3.05) is 26.2 Å². The van der Waals surface area contributed by atoms with Crippen LogP contribution in [0.3, 0.4) is 0 Å². The van der Waals surface area contributed by atoms with Crippen molar-refractivity contribution < 1.29 is 0 Å². The van der Waals surface area contributed by atoms with Crippen LogP contribution >= 0.6 is 24.8 Å². The van der Waals surface area contributed by atoms with Gasteiger partial charge in [-0.05, 0) is 37.5 Å². The Balaban J connectivity index is 0. The molecule has 0 bridgehead atoms. The van der Waals surface area contributed by atoms with Crippen LogP contribution in [0, 0.1) is 0 Å². The predicted octanol–water partition coefficient (Wildman–Crippen LogP) is 3.22. The quantitative estimate of drug-likeness (QED) is 0.719. The minimum atomic E-state index is 0. The summed E-state index contributed by atoms with van der Waals surface area (Å²) in [6.45, 7) is 8.77. The molecule has 0 aliphatic rings. The molecule has 0 spiro atoms. The van der Waals surface area contributed by atoms with E-state index in [1.807, 2.05) is 0 Å². The van der Waals surface area contributed by atoms with Crippen molar-refractivity contribution in [1.82, 2.24) is 10.6 Å². The van der Waals surface area contributed by atoms with Gasteiger partial charge in [0.05, 0.1) is 0 Å². The second-order valence-corrected chi connectivity index (χ2v) is 4.22. The van der Waals surface area contributed by atoms with Gasteiger partial charge in [-0.1, -0.05) is 44.2 Å². The van der Waals surface area contributed by atoms with Gasteiger partial charge in [0, 0.05) is 6.54 Å². The topological polar surface area (TPSA) is 24.1 Å². The third-order valence-electron chi connectivity index (χ3n) is 2.78. The van der Waals surface area contributed by atoms with Crippen LogP contribution in [-0.2, 0) is 0 Å². The highest BCUT2D eigenvalue weighted by Gasteiger charge is 2.02. The molecule has 1 aromatic rings. The second kappa shape index (κ2) is 13.2. The number of hydrogen-bond donors (Lipinski definition) is 2. The van der Waals surface area contributed by atoms with E-state index in [-0.39, 0.29) is 24.8 Å². The van der Waals surface area contributed by atoms with Crippen LogP contribution in [0.25, 0.3) is 0 Å². The lowest BCUT2D eigenvalue weighted by atomic mass is 10.0. The molecule has 1 atom stereocenters. The van der Waals surface area contributed by atoms with E-state index in [2.05, 4.69) is 54.8 Å². The first-order valence-corrected chi connectivity index (χ1v) is 6.31. The van der Waals surface area contributed by atoms with Gasteiger partial charge in [-0.25, -0.2) is 0 Å². The van der Waals surface area contributed by atoms with Crippen molar-refractivity contribution in [2.24, 2.45) is 0 Å². The fourth-order valence-electron chi connectivity index (χ4n) is 1.73. The molecule has 0 aromatic heterocycles. The molecule has 0 saturated carbocycles. The molecule has 1 unspecified atom stereocenters. The lowest BCUT2D eigenvalue weighted by molar-refractivity contribution is 0.575. The molecular weight excluding hydrogens is 267 g/mol. The number of halogens is 2. The van der Waals surface area contributed by atoms with Crippen molar-refractivity contribution in [3.05, 3.63) is 35.9 Å². The molecule has 0 heterocycles. The van der Waals surface area contributed by atoms with Gasteiger partial charge >= 0.3 is 0 Å². The predicted molar refractivity (Wildman–Crippen MR) is 85.4 cm³/mol. The summed E-state index contributed by atoms with van der Waals surface area (Å²) in [7, 11) is 0. The fourth-order valence-corrected chi connectivity index (χ4v) is 1.73. The molecule has 1 aromatic carbocycles. The third-order valence-corrected chi connectivity index (χ3v) is 2.78. The normalized spacial score (nSPS) is 11.2. The maximum atomic E-state index is 3.50. The molecule has 0 fully saturated rings. The zero-order valence-electron chi connectivity index (χ0n) is 11.3. The van der Waals surface area contributed by atoms with Crippen molar-refractivity contribution in [2.45, 2.75) is 26.2 Å². The van der Waals surface area contributed by atoms with E-state index in [1.165, 1.54) is 12.0 Å². The van der Waals surface area contributed by atoms with Crippen molar-refractivity contribution in [3.63, 3.8) is 0 Å². The number of nitrogens with one attached hydrogen (secondary N) is 2. The standard InChI is InChI=1S/C14H24N2.2ClH/c1-3-15-10-7-11-16-12-13(2)14-8-5-4-6-9-14;;/h4-6,8-9,13,15-16H,3,7,10-12H2,1-2H3;2*1H. The van der Waals surface area contributed by atoms with Crippen LogP contribution in [0.5, 0.6) is 0 Å². The Morgan fingerprint density at radius 3 is 2.22 bits per heavy atom. The molecule has 0 amide bonds. The van der Waals surface area contributed by atoms with Crippen molar-refractivity contribution >= 4 is 24.8 Å². The monoisotopic (exact) mass is 292 g/mol. The summed E-state index contributed by atoms with van der Waals surface area (Å²) in [6.07, 6.45) is 1.20. The first kappa shape index (κ1) is 20.0. The molecule has 4 heteroatoms. The average molecular weight is 293 g/mol. The van der Waals surface area contributed by atoms with Crippen LogP contribution < -0.4 is 10.6 Å². The lowest BCUT2D eigenvalue weighted by Gasteiger charge is -2.12. The average Bonchev–Trinajstić information content (AvgIpc) is 2.34. The Hall–Kier alpha value is -0.280. The summed E-state index contributed by atoms with van der Waals surface area (Å²) >= 11 is 0. The smallest absolute Gasteiger partial charge is 0.00174 e. The minimum absolute atomic E-state index is 0. The van der Waals surface area contributed by atoms with E-state index < -0.39 is 0 Å². The Kier molecular flexibility index (Phi) is 14.7. The molecule has 1 rings (SSSR count). The molecule has 2 nitrogen and oxygen atoms in total. The zero-order chi connectivity index (χ0) is 11.6. The van der Waals surface area contributed by atoms with E-state index in [1.54, 1.807) is 0 Å². The molecular formula is C14H26Cl2N2. The Labute approximate surface area is 124 Å². The lowest BCUT2D eigenvalue weighted by Crippen LogP contribution is -2.24. The Morgan fingerprint density at radius 1 is 1.00 bits per heavy atom. The SMILES string of the molecule is CCNCCCNCC(C)c1ccccc1.Cl.Cl. The Bertz CT molecular complexity index is 268. The van der Waals surface area contributed by atoms with Gasteiger partial charge in [0.1, 0.15) is 0 Å². The first-order chi connectivity index (χ1) is 7.84. The Morgan fingerprint density at radius 2 is 1.61 bits per heavy atom. The maximum absolute atomic E-state index is 3.50. The van der Waals surface area contributed by atoms with Crippen LogP contribution in [0.1, 0.15) is 31.7 Å². The molecule has 0 radical (unpaired) electrons. The summed E-state index contributed by atoms with van der Waals surface area (Å²) in [4.78, 5) is 0. The van der Waals surface area contributed by atoms with Crippen molar-refractivity contribution in [1.29, 1.82) is 0 Å². The second-order valence-electron chi connectivity index (χ2n) is 4.22. The van der Waals surface area contributed by atoms with Crippen LogP contribution in [0.2, 0.25) is 0 Å².